The Morgan fingerprint density at radius 3 is 2.33 bits per heavy atom. The van der Waals surface area contributed by atoms with E-state index in [1.807, 2.05) is 39.0 Å². The summed E-state index contributed by atoms with van der Waals surface area (Å²) in [6.07, 6.45) is 1.44. The molecule has 3 amide bonds. The molecule has 3 radical (unpaired) electrons. The highest BCUT2D eigenvalue weighted by molar-refractivity contribution is 6.06. The second kappa shape index (κ2) is 11.5. The van der Waals surface area contributed by atoms with Crippen LogP contribution < -0.4 is 5.32 Å². The Morgan fingerprint density at radius 1 is 1.19 bits per heavy atom. The van der Waals surface area contributed by atoms with Crippen molar-refractivity contribution >= 4 is 26.1 Å². The average Bonchev–Trinajstić information content (AvgIpc) is 2.94. The normalized spacial score (nSPS) is 20.8. The zero-order valence-corrected chi connectivity index (χ0v) is 17.0. The molecule has 3 rings (SSSR count). The summed E-state index contributed by atoms with van der Waals surface area (Å²) in [4.78, 5) is 37.9. The van der Waals surface area contributed by atoms with Crippen LogP contribution in [0, 0.1) is 0 Å². The van der Waals surface area contributed by atoms with Crippen molar-refractivity contribution in [2.24, 2.45) is 0 Å². The molecule has 1 aromatic carbocycles. The van der Waals surface area contributed by atoms with Gasteiger partial charge in [0.15, 0.2) is 0 Å². The number of methoxy groups -OCH3 is 1. The van der Waals surface area contributed by atoms with Crippen LogP contribution in [0.3, 0.4) is 0 Å². The highest BCUT2D eigenvalue weighted by Gasteiger charge is 2.46. The van der Waals surface area contributed by atoms with E-state index in [1.165, 1.54) is 0 Å². The van der Waals surface area contributed by atoms with Crippen LogP contribution in [0.4, 0.5) is 0 Å². The lowest BCUT2D eigenvalue weighted by Gasteiger charge is -2.36. The third-order valence-electron chi connectivity index (χ3n) is 4.52. The molecular formula is C20H30BN2O4. The van der Waals surface area contributed by atoms with Crippen molar-refractivity contribution in [1.29, 1.82) is 0 Å². The predicted octanol–water partition coefficient (Wildman–Crippen LogP) is 2.53. The van der Waals surface area contributed by atoms with Crippen LogP contribution in [-0.4, -0.2) is 50.3 Å². The Kier molecular flexibility index (Phi) is 10.6. The zero-order valence-electron chi connectivity index (χ0n) is 17.0. The molecule has 27 heavy (non-hydrogen) atoms. The molecule has 2 aliphatic heterocycles. The maximum absolute atomic E-state index is 12.5. The van der Waals surface area contributed by atoms with E-state index < -0.39 is 5.54 Å². The van der Waals surface area contributed by atoms with Gasteiger partial charge in [0.1, 0.15) is 5.54 Å². The van der Waals surface area contributed by atoms with Crippen LogP contribution in [0.5, 0.6) is 0 Å². The Hall–Kier alpha value is -2.15. The van der Waals surface area contributed by atoms with E-state index in [-0.39, 0.29) is 26.1 Å². The SMILES string of the molecule is CC.CC1(N2Cc3ccccc3C2=O)CCCC(=O)NC1=O.CCOC.[B]. The van der Waals surface area contributed by atoms with Gasteiger partial charge in [-0.1, -0.05) is 32.0 Å². The number of fused-ring (bicyclic) bond motifs is 1. The summed E-state index contributed by atoms with van der Waals surface area (Å²) in [7, 11) is 1.68. The molecule has 1 fully saturated rings. The molecule has 1 unspecified atom stereocenters. The van der Waals surface area contributed by atoms with Gasteiger partial charge in [-0.15, -0.1) is 0 Å². The molecular weight excluding hydrogens is 343 g/mol. The van der Waals surface area contributed by atoms with E-state index in [1.54, 1.807) is 25.0 Å². The minimum atomic E-state index is -0.956. The van der Waals surface area contributed by atoms with Gasteiger partial charge in [0.25, 0.3) is 11.8 Å². The molecule has 1 saturated heterocycles. The first kappa shape index (κ1) is 24.9. The number of carbonyl (C=O) groups excluding carboxylic acids is 3. The minimum absolute atomic E-state index is 0. The fourth-order valence-electron chi connectivity index (χ4n) is 2.94. The van der Waals surface area contributed by atoms with Crippen molar-refractivity contribution in [1.82, 2.24) is 10.2 Å². The second-order valence-corrected chi connectivity index (χ2v) is 6.13. The quantitative estimate of drug-likeness (QED) is 0.639. The summed E-state index contributed by atoms with van der Waals surface area (Å²) < 4.78 is 4.54. The summed E-state index contributed by atoms with van der Waals surface area (Å²) in [6.45, 7) is 8.94. The molecule has 0 saturated carbocycles. The van der Waals surface area contributed by atoms with Crippen molar-refractivity contribution in [2.75, 3.05) is 13.7 Å². The van der Waals surface area contributed by atoms with Crippen molar-refractivity contribution in [3.63, 3.8) is 0 Å². The number of benzene rings is 1. The van der Waals surface area contributed by atoms with E-state index in [9.17, 15) is 14.4 Å². The van der Waals surface area contributed by atoms with Gasteiger partial charge in [-0.2, -0.15) is 0 Å². The highest BCUT2D eigenvalue weighted by atomic mass is 16.5. The number of amides is 3. The number of hydrogen-bond donors (Lipinski definition) is 1. The van der Waals surface area contributed by atoms with Gasteiger partial charge in [0, 0.05) is 40.7 Å². The van der Waals surface area contributed by atoms with Gasteiger partial charge in [-0.3, -0.25) is 19.7 Å². The zero-order chi connectivity index (χ0) is 19.7. The van der Waals surface area contributed by atoms with Crippen LogP contribution in [-0.2, 0) is 20.9 Å². The first-order valence-electron chi connectivity index (χ1n) is 9.17. The molecule has 147 valence electrons. The van der Waals surface area contributed by atoms with E-state index in [4.69, 9.17) is 0 Å². The first-order chi connectivity index (χ1) is 12.4. The number of imide groups is 1. The van der Waals surface area contributed by atoms with Gasteiger partial charge in [-0.25, -0.2) is 0 Å². The number of rotatable bonds is 2. The summed E-state index contributed by atoms with van der Waals surface area (Å²) in [6, 6.07) is 7.38. The Balaban J connectivity index is 0.000000861. The van der Waals surface area contributed by atoms with Crippen molar-refractivity contribution in [2.45, 2.75) is 59.0 Å². The van der Waals surface area contributed by atoms with E-state index in [0.29, 0.717) is 31.4 Å². The largest absolute Gasteiger partial charge is 0.385 e. The van der Waals surface area contributed by atoms with Gasteiger partial charge in [0.05, 0.1) is 0 Å². The van der Waals surface area contributed by atoms with Gasteiger partial charge in [-0.05, 0) is 38.3 Å². The number of nitrogens with zero attached hydrogens (tertiary/aromatic N) is 1. The fourth-order valence-corrected chi connectivity index (χ4v) is 2.94. The van der Waals surface area contributed by atoms with E-state index in [2.05, 4.69) is 10.1 Å². The van der Waals surface area contributed by atoms with E-state index in [0.717, 1.165) is 12.2 Å². The number of carbonyl (C=O) groups is 3. The monoisotopic (exact) mass is 373 g/mol. The standard InChI is InChI=1S/C15H16N2O3.C3H8O.C2H6.B/c1-15(8-4-7-12(18)16-14(15)20)17-9-10-5-2-3-6-11(10)13(17)19;1-3-4-2;1-2;/h2-3,5-6H,4,7-9H2,1H3,(H,16,18,20);3H2,1-2H3;1-2H3;. The van der Waals surface area contributed by atoms with Gasteiger partial charge >= 0.3 is 0 Å². The summed E-state index contributed by atoms with van der Waals surface area (Å²) in [5.74, 6) is -0.767. The lowest BCUT2D eigenvalue weighted by Crippen LogP contribution is -2.56. The van der Waals surface area contributed by atoms with Crippen LogP contribution in [0.25, 0.3) is 0 Å². The van der Waals surface area contributed by atoms with Crippen molar-refractivity contribution in [3.8, 4) is 0 Å². The molecule has 7 heteroatoms. The Labute approximate surface area is 164 Å². The molecule has 1 aromatic rings. The summed E-state index contributed by atoms with van der Waals surface area (Å²) in [5, 5.41) is 2.38. The number of hydrogen-bond acceptors (Lipinski definition) is 4. The summed E-state index contributed by atoms with van der Waals surface area (Å²) in [5.41, 5.74) is 0.627. The summed E-state index contributed by atoms with van der Waals surface area (Å²) >= 11 is 0. The second-order valence-electron chi connectivity index (χ2n) is 6.13. The molecule has 1 N–H and O–H groups in total. The maximum atomic E-state index is 12.5. The highest BCUT2D eigenvalue weighted by Crippen LogP contribution is 2.33. The van der Waals surface area contributed by atoms with Crippen LogP contribution >= 0.6 is 0 Å². The molecule has 2 aliphatic rings. The minimum Gasteiger partial charge on any atom is -0.385 e. The molecule has 0 bridgehead atoms. The number of nitrogens with one attached hydrogen (secondary N) is 1. The average molecular weight is 373 g/mol. The van der Waals surface area contributed by atoms with Gasteiger partial charge < -0.3 is 9.64 Å². The van der Waals surface area contributed by atoms with Crippen molar-refractivity contribution < 1.29 is 19.1 Å². The van der Waals surface area contributed by atoms with Gasteiger partial charge in [0.2, 0.25) is 5.91 Å². The molecule has 0 spiro atoms. The molecule has 1 atom stereocenters. The molecule has 0 aromatic heterocycles. The fraction of sp³-hybridized carbons (Fsp3) is 0.550. The van der Waals surface area contributed by atoms with Crippen LogP contribution in [0.2, 0.25) is 0 Å². The van der Waals surface area contributed by atoms with Crippen LogP contribution in [0.1, 0.15) is 62.9 Å². The first-order valence-corrected chi connectivity index (χ1v) is 9.17. The molecule has 0 aliphatic carbocycles. The lowest BCUT2D eigenvalue weighted by molar-refractivity contribution is -0.135. The van der Waals surface area contributed by atoms with Crippen molar-refractivity contribution in [3.05, 3.63) is 35.4 Å². The third-order valence-corrected chi connectivity index (χ3v) is 4.52. The Bertz CT molecular complexity index is 649. The van der Waals surface area contributed by atoms with E-state index >= 15 is 0 Å². The smallest absolute Gasteiger partial charge is 0.255 e. The maximum Gasteiger partial charge on any atom is 0.255 e. The number of ether oxygens (including phenoxy) is 1. The third kappa shape index (κ3) is 5.66. The lowest BCUT2D eigenvalue weighted by atomic mass is 9.93. The molecule has 6 nitrogen and oxygen atoms in total. The predicted molar refractivity (Wildman–Crippen MR) is 106 cm³/mol. The topological polar surface area (TPSA) is 75.7 Å². The Morgan fingerprint density at radius 2 is 1.78 bits per heavy atom. The van der Waals surface area contributed by atoms with Crippen LogP contribution in [0.15, 0.2) is 24.3 Å². The molecule has 2 heterocycles.